The number of nitrogens with one attached hydrogen (secondary N) is 2. The van der Waals surface area contributed by atoms with Crippen molar-refractivity contribution >= 4 is 29.3 Å². The zero-order valence-corrected chi connectivity index (χ0v) is 21.5. The molecule has 1 fully saturated rings. The smallest absolute Gasteiger partial charge is 0.380 e. The van der Waals surface area contributed by atoms with Crippen LogP contribution in [0, 0.1) is 0 Å². The average molecular weight is 524 g/mol. The van der Waals surface area contributed by atoms with Gasteiger partial charge in [0, 0.05) is 47.8 Å². The van der Waals surface area contributed by atoms with E-state index >= 15 is 0 Å². The fourth-order valence-corrected chi connectivity index (χ4v) is 6.51. The number of benzene rings is 1. The molecule has 4 N–H and O–H groups in total. The van der Waals surface area contributed by atoms with Crippen molar-refractivity contribution in [2.75, 3.05) is 38.4 Å². The molecule has 1 aliphatic carbocycles. The van der Waals surface area contributed by atoms with Gasteiger partial charge in [0.2, 0.25) is 5.95 Å². The van der Waals surface area contributed by atoms with Crippen LogP contribution in [-0.4, -0.2) is 54.1 Å². The molecule has 0 bridgehead atoms. The minimum absolute atomic E-state index is 0.159. The second kappa shape index (κ2) is 10.9. The van der Waals surface area contributed by atoms with E-state index in [1.807, 2.05) is 6.07 Å². The van der Waals surface area contributed by atoms with Crippen LogP contribution in [0.25, 0.3) is 22.2 Å². The second-order valence-corrected chi connectivity index (χ2v) is 12.8. The standard InChI is InChI=1S/C25H33F3N5O2P/c1-36(2,34)23-16(6-5-12-35-13-11-29)9-10-18-19(14-30-22(18)23)21-20(25(26,27)28)15-31-24(33-21)32-17-7-3-4-8-17/h9-10,14-15,17,30H,3-8,11-13,29H2,1-2H3,(H,31,32,33). The van der Waals surface area contributed by atoms with Crippen molar-refractivity contribution < 1.29 is 22.5 Å². The molecule has 1 aliphatic rings. The fourth-order valence-electron chi connectivity index (χ4n) is 4.91. The highest BCUT2D eigenvalue weighted by atomic mass is 31.2. The minimum atomic E-state index is -4.62. The molecule has 0 saturated heterocycles. The van der Waals surface area contributed by atoms with Gasteiger partial charge >= 0.3 is 6.18 Å². The number of fused-ring (bicyclic) bond motifs is 1. The summed E-state index contributed by atoms with van der Waals surface area (Å²) in [7, 11) is -2.77. The Labute approximate surface area is 208 Å². The van der Waals surface area contributed by atoms with E-state index in [4.69, 9.17) is 10.5 Å². The van der Waals surface area contributed by atoms with E-state index in [0.29, 0.717) is 54.4 Å². The number of nitrogens with zero attached hydrogens (tertiary/aromatic N) is 2. The first-order valence-corrected chi connectivity index (χ1v) is 14.9. The summed E-state index contributed by atoms with van der Waals surface area (Å²) in [4.78, 5) is 11.4. The molecule has 196 valence electrons. The molecule has 0 atom stereocenters. The number of rotatable bonds is 10. The van der Waals surface area contributed by atoms with Crippen molar-refractivity contribution in [3.63, 3.8) is 0 Å². The van der Waals surface area contributed by atoms with Crippen LogP contribution in [0.15, 0.2) is 24.5 Å². The van der Waals surface area contributed by atoms with Crippen molar-refractivity contribution in [2.45, 2.75) is 50.7 Å². The molecule has 2 heterocycles. The molecule has 0 aliphatic heterocycles. The number of H-pyrrole nitrogens is 1. The van der Waals surface area contributed by atoms with Crippen LogP contribution in [0.1, 0.15) is 43.2 Å². The lowest BCUT2D eigenvalue weighted by Gasteiger charge is -2.17. The highest BCUT2D eigenvalue weighted by Crippen LogP contribution is 2.43. The Hall–Kier alpha value is -2.42. The topological polar surface area (TPSA) is 106 Å². The molecule has 0 unspecified atom stereocenters. The van der Waals surface area contributed by atoms with Crippen LogP contribution < -0.4 is 16.4 Å². The molecule has 1 saturated carbocycles. The number of aromatic nitrogens is 3. The maximum Gasteiger partial charge on any atom is 0.419 e. The van der Waals surface area contributed by atoms with Crippen molar-refractivity contribution in [3.8, 4) is 11.3 Å². The Morgan fingerprint density at radius 1 is 1.22 bits per heavy atom. The maximum absolute atomic E-state index is 14.0. The Bertz CT molecular complexity index is 1250. The van der Waals surface area contributed by atoms with Gasteiger partial charge in [0.05, 0.1) is 17.8 Å². The van der Waals surface area contributed by atoms with Crippen molar-refractivity contribution in [1.29, 1.82) is 0 Å². The SMILES string of the molecule is CP(C)(=O)c1c(CCCOCCN)ccc2c(-c3nc(NC4CCCC4)ncc3C(F)(F)F)c[nH]c12. The number of hydrogen-bond acceptors (Lipinski definition) is 6. The van der Waals surface area contributed by atoms with Gasteiger partial charge in [-0.15, -0.1) is 0 Å². The van der Waals surface area contributed by atoms with Crippen LogP contribution >= 0.6 is 7.14 Å². The molecular formula is C25H33F3N5O2P. The molecule has 3 aromatic rings. The van der Waals surface area contributed by atoms with Crippen molar-refractivity contribution in [2.24, 2.45) is 5.73 Å². The van der Waals surface area contributed by atoms with Gasteiger partial charge in [-0.2, -0.15) is 13.2 Å². The van der Waals surface area contributed by atoms with Gasteiger partial charge < -0.3 is 25.3 Å². The normalized spacial score (nSPS) is 15.2. The summed E-state index contributed by atoms with van der Waals surface area (Å²) in [5.41, 5.74) is 6.13. The summed E-state index contributed by atoms with van der Waals surface area (Å²) in [6, 6.07) is 3.79. The van der Waals surface area contributed by atoms with E-state index in [-0.39, 0.29) is 17.7 Å². The summed E-state index contributed by atoms with van der Waals surface area (Å²) in [6.07, 6.45) is 3.13. The third-order valence-electron chi connectivity index (χ3n) is 6.49. The first-order chi connectivity index (χ1) is 17.1. The number of hydrogen-bond donors (Lipinski definition) is 3. The molecule has 2 aromatic heterocycles. The molecule has 0 radical (unpaired) electrons. The molecule has 7 nitrogen and oxygen atoms in total. The van der Waals surface area contributed by atoms with Gasteiger partial charge in [-0.3, -0.25) is 0 Å². The number of ether oxygens (including phenoxy) is 1. The zero-order valence-electron chi connectivity index (χ0n) is 20.6. The highest BCUT2D eigenvalue weighted by Gasteiger charge is 2.36. The predicted molar refractivity (Wildman–Crippen MR) is 137 cm³/mol. The minimum Gasteiger partial charge on any atom is -0.380 e. The predicted octanol–water partition coefficient (Wildman–Crippen LogP) is 5.15. The molecule has 36 heavy (non-hydrogen) atoms. The van der Waals surface area contributed by atoms with Crippen LogP contribution in [0.4, 0.5) is 19.1 Å². The monoisotopic (exact) mass is 523 g/mol. The van der Waals surface area contributed by atoms with Crippen LogP contribution in [0.2, 0.25) is 0 Å². The van der Waals surface area contributed by atoms with Crippen molar-refractivity contribution in [3.05, 3.63) is 35.7 Å². The van der Waals surface area contributed by atoms with E-state index in [1.165, 1.54) is 6.20 Å². The average Bonchev–Trinajstić information content (AvgIpc) is 3.47. The van der Waals surface area contributed by atoms with E-state index in [2.05, 4.69) is 20.3 Å². The van der Waals surface area contributed by atoms with E-state index in [9.17, 15) is 17.7 Å². The maximum atomic E-state index is 14.0. The van der Waals surface area contributed by atoms with Crippen molar-refractivity contribution in [1.82, 2.24) is 15.0 Å². The Balaban J connectivity index is 1.77. The molecular weight excluding hydrogens is 490 g/mol. The van der Waals surface area contributed by atoms with Gasteiger partial charge in [0.15, 0.2) is 0 Å². The lowest BCUT2D eigenvalue weighted by atomic mass is 10.0. The number of aryl methyl sites for hydroxylation is 1. The highest BCUT2D eigenvalue weighted by molar-refractivity contribution is 7.70. The first kappa shape index (κ1) is 26.6. The third-order valence-corrected chi connectivity index (χ3v) is 8.07. The van der Waals surface area contributed by atoms with Crippen LogP contribution in [0.3, 0.4) is 0 Å². The lowest BCUT2D eigenvalue weighted by Crippen LogP contribution is -2.18. The van der Waals surface area contributed by atoms with Gasteiger partial charge in [0.1, 0.15) is 12.7 Å². The Morgan fingerprint density at radius 3 is 2.64 bits per heavy atom. The molecule has 1 aromatic carbocycles. The third kappa shape index (κ3) is 5.93. The van der Waals surface area contributed by atoms with Crippen LogP contribution in [0.5, 0.6) is 0 Å². The van der Waals surface area contributed by atoms with E-state index in [1.54, 1.807) is 19.4 Å². The van der Waals surface area contributed by atoms with E-state index in [0.717, 1.165) is 37.4 Å². The number of nitrogens with two attached hydrogens (primary N) is 1. The Kier molecular flexibility index (Phi) is 8.07. The number of anilines is 1. The summed E-state index contributed by atoms with van der Waals surface area (Å²) in [6.45, 7) is 4.79. The summed E-state index contributed by atoms with van der Waals surface area (Å²) < 4.78 is 60.7. The quantitative estimate of drug-likeness (QED) is 0.251. The number of alkyl halides is 3. The summed E-state index contributed by atoms with van der Waals surface area (Å²) in [5, 5.41) is 4.39. The fraction of sp³-hybridized carbons (Fsp3) is 0.520. The Morgan fingerprint density at radius 2 is 1.97 bits per heavy atom. The summed E-state index contributed by atoms with van der Waals surface area (Å²) >= 11 is 0. The van der Waals surface area contributed by atoms with Gasteiger partial charge in [-0.25, -0.2) is 9.97 Å². The van der Waals surface area contributed by atoms with Gasteiger partial charge in [0.25, 0.3) is 0 Å². The second-order valence-electron chi connectivity index (χ2n) is 9.63. The summed E-state index contributed by atoms with van der Waals surface area (Å²) in [5.74, 6) is 0.185. The van der Waals surface area contributed by atoms with E-state index < -0.39 is 18.9 Å². The molecule has 0 spiro atoms. The van der Waals surface area contributed by atoms with Gasteiger partial charge in [-0.1, -0.05) is 25.0 Å². The van der Waals surface area contributed by atoms with Crippen LogP contribution in [-0.2, 0) is 21.9 Å². The number of halogens is 3. The molecule has 11 heteroatoms. The zero-order chi connectivity index (χ0) is 25.9. The lowest BCUT2D eigenvalue weighted by molar-refractivity contribution is -0.137. The molecule has 0 amide bonds. The molecule has 4 rings (SSSR count). The largest absolute Gasteiger partial charge is 0.419 e. The number of aromatic amines is 1. The van der Waals surface area contributed by atoms with Gasteiger partial charge in [-0.05, 0) is 44.6 Å². The first-order valence-electron chi connectivity index (χ1n) is 12.3.